The van der Waals surface area contributed by atoms with Crippen molar-refractivity contribution in [1.82, 2.24) is 9.78 Å². The zero-order valence-corrected chi connectivity index (χ0v) is 14.2. The maximum Gasteiger partial charge on any atom is 0.0934 e. The molecule has 1 aromatic heterocycles. The van der Waals surface area contributed by atoms with Crippen LogP contribution in [0.4, 0.5) is 0 Å². The molecule has 0 aliphatic carbocycles. The van der Waals surface area contributed by atoms with E-state index in [-0.39, 0.29) is 0 Å². The average Bonchev–Trinajstić information content (AvgIpc) is 2.94. The van der Waals surface area contributed by atoms with Crippen molar-refractivity contribution in [3.8, 4) is 16.9 Å². The van der Waals surface area contributed by atoms with Gasteiger partial charge in [-0.15, -0.1) is 0 Å². The maximum atomic E-state index is 4.88. The smallest absolute Gasteiger partial charge is 0.0934 e. The molecule has 0 atom stereocenters. The second kappa shape index (κ2) is 5.64. The van der Waals surface area contributed by atoms with Crippen LogP contribution in [-0.4, -0.2) is 9.78 Å². The summed E-state index contributed by atoms with van der Waals surface area (Å²) in [5.74, 6) is 0. The Balaban J connectivity index is 2.06. The van der Waals surface area contributed by atoms with Crippen LogP contribution in [0, 0.1) is 20.8 Å². The van der Waals surface area contributed by atoms with Crippen molar-refractivity contribution in [2.75, 3.05) is 0 Å². The topological polar surface area (TPSA) is 17.8 Å². The van der Waals surface area contributed by atoms with Crippen LogP contribution in [0.3, 0.4) is 0 Å². The highest BCUT2D eigenvalue weighted by Crippen LogP contribution is 2.32. The van der Waals surface area contributed by atoms with Gasteiger partial charge in [0.2, 0.25) is 0 Å². The Kier molecular flexibility index (Phi) is 3.46. The second-order valence-corrected chi connectivity index (χ2v) is 6.49. The van der Waals surface area contributed by atoms with E-state index in [1.54, 1.807) is 0 Å². The van der Waals surface area contributed by atoms with Gasteiger partial charge in [-0.25, -0.2) is 4.68 Å². The van der Waals surface area contributed by atoms with Gasteiger partial charge in [-0.1, -0.05) is 53.1 Å². The molecule has 4 rings (SSSR count). The molecule has 4 aromatic rings. The van der Waals surface area contributed by atoms with Crippen LogP contribution in [-0.2, 0) is 0 Å². The van der Waals surface area contributed by atoms with E-state index >= 15 is 0 Å². The maximum absolute atomic E-state index is 4.88. The zero-order chi connectivity index (χ0) is 16.7. The zero-order valence-electron chi connectivity index (χ0n) is 14.2. The second-order valence-electron chi connectivity index (χ2n) is 6.49. The van der Waals surface area contributed by atoms with E-state index in [1.807, 2.05) is 0 Å². The van der Waals surface area contributed by atoms with Gasteiger partial charge < -0.3 is 0 Å². The summed E-state index contributed by atoms with van der Waals surface area (Å²) in [6.45, 7) is 6.36. The minimum absolute atomic E-state index is 1.03. The van der Waals surface area contributed by atoms with Crippen molar-refractivity contribution in [1.29, 1.82) is 0 Å². The summed E-state index contributed by atoms with van der Waals surface area (Å²) in [7, 11) is 0. The van der Waals surface area contributed by atoms with E-state index in [0.717, 1.165) is 16.9 Å². The summed E-state index contributed by atoms with van der Waals surface area (Å²) in [5.41, 5.74) is 8.22. The first kappa shape index (κ1) is 14.7. The Morgan fingerprint density at radius 1 is 0.708 bits per heavy atom. The number of benzene rings is 3. The Bertz CT molecular complexity index is 1020. The number of aryl methyl sites for hydroxylation is 3. The molecule has 118 valence electrons. The van der Waals surface area contributed by atoms with Gasteiger partial charge in [0.15, 0.2) is 0 Å². The molecule has 0 amide bonds. The summed E-state index contributed by atoms with van der Waals surface area (Å²) in [6, 6.07) is 23.6. The van der Waals surface area contributed by atoms with E-state index in [2.05, 4.69) is 92.2 Å². The van der Waals surface area contributed by atoms with Crippen LogP contribution in [0.5, 0.6) is 0 Å². The van der Waals surface area contributed by atoms with Crippen molar-refractivity contribution in [3.05, 3.63) is 83.4 Å². The van der Waals surface area contributed by atoms with Gasteiger partial charge in [-0.3, -0.25) is 0 Å². The van der Waals surface area contributed by atoms with Gasteiger partial charge in [0.1, 0.15) is 0 Å². The molecule has 0 bridgehead atoms. The third-order valence-corrected chi connectivity index (χ3v) is 4.40. The fourth-order valence-electron chi connectivity index (χ4n) is 3.14. The quantitative estimate of drug-likeness (QED) is 0.470. The molecule has 0 radical (unpaired) electrons. The third-order valence-electron chi connectivity index (χ3n) is 4.40. The molecule has 0 aliphatic rings. The van der Waals surface area contributed by atoms with Crippen molar-refractivity contribution < 1.29 is 0 Å². The van der Waals surface area contributed by atoms with Gasteiger partial charge in [0.05, 0.1) is 16.9 Å². The SMILES string of the molecule is Cc1ccc(-n2nc3ccc(C)cc3c2-c2cccc(C)c2)cc1. The molecule has 2 heteroatoms. The predicted octanol–water partition coefficient (Wildman–Crippen LogP) is 5.62. The van der Waals surface area contributed by atoms with Gasteiger partial charge in [0.25, 0.3) is 0 Å². The summed E-state index contributed by atoms with van der Waals surface area (Å²) in [6.07, 6.45) is 0. The van der Waals surface area contributed by atoms with E-state index < -0.39 is 0 Å². The van der Waals surface area contributed by atoms with Gasteiger partial charge in [-0.2, -0.15) is 5.10 Å². The highest BCUT2D eigenvalue weighted by atomic mass is 15.3. The normalized spacial score (nSPS) is 11.1. The molecule has 0 aliphatic heterocycles. The van der Waals surface area contributed by atoms with Crippen LogP contribution < -0.4 is 0 Å². The van der Waals surface area contributed by atoms with Crippen molar-refractivity contribution >= 4 is 10.9 Å². The van der Waals surface area contributed by atoms with Crippen LogP contribution in [0.2, 0.25) is 0 Å². The monoisotopic (exact) mass is 312 g/mol. The molecule has 0 saturated carbocycles. The van der Waals surface area contributed by atoms with E-state index in [9.17, 15) is 0 Å². The third kappa shape index (κ3) is 2.50. The molecule has 24 heavy (non-hydrogen) atoms. The fraction of sp³-hybridized carbons (Fsp3) is 0.136. The summed E-state index contributed by atoms with van der Waals surface area (Å²) in [5, 5.41) is 6.07. The Morgan fingerprint density at radius 2 is 1.42 bits per heavy atom. The fourth-order valence-corrected chi connectivity index (χ4v) is 3.14. The van der Waals surface area contributed by atoms with E-state index in [1.165, 1.54) is 27.6 Å². The van der Waals surface area contributed by atoms with E-state index in [0.29, 0.717) is 0 Å². The highest BCUT2D eigenvalue weighted by Gasteiger charge is 2.15. The van der Waals surface area contributed by atoms with Crippen molar-refractivity contribution in [2.45, 2.75) is 20.8 Å². The molecular formula is C22H20N2. The highest BCUT2D eigenvalue weighted by molar-refractivity contribution is 5.94. The van der Waals surface area contributed by atoms with Crippen LogP contribution in [0.15, 0.2) is 66.7 Å². The van der Waals surface area contributed by atoms with Gasteiger partial charge in [0, 0.05) is 10.9 Å². The molecule has 3 aromatic carbocycles. The number of nitrogens with zero attached hydrogens (tertiary/aromatic N) is 2. The first-order valence-electron chi connectivity index (χ1n) is 8.25. The lowest BCUT2D eigenvalue weighted by atomic mass is 10.0. The minimum Gasteiger partial charge on any atom is -0.232 e. The number of hydrogen-bond donors (Lipinski definition) is 0. The molecule has 0 N–H and O–H groups in total. The van der Waals surface area contributed by atoms with Crippen molar-refractivity contribution in [2.24, 2.45) is 0 Å². The minimum atomic E-state index is 1.03. The molecule has 1 heterocycles. The summed E-state index contributed by atoms with van der Waals surface area (Å²) >= 11 is 0. The standard InChI is InChI=1S/C22H20N2/c1-15-7-10-19(11-8-15)24-22(18-6-4-5-16(2)13-18)20-14-17(3)9-12-21(20)23-24/h4-14H,1-3H3. The lowest BCUT2D eigenvalue weighted by Gasteiger charge is -2.09. The lowest BCUT2D eigenvalue weighted by Crippen LogP contribution is -1.99. The largest absolute Gasteiger partial charge is 0.232 e. The number of rotatable bonds is 2. The molecule has 0 fully saturated rings. The number of hydrogen-bond acceptors (Lipinski definition) is 1. The van der Waals surface area contributed by atoms with Gasteiger partial charge >= 0.3 is 0 Å². The lowest BCUT2D eigenvalue weighted by molar-refractivity contribution is 0.903. The first-order chi connectivity index (χ1) is 11.6. The molecule has 0 spiro atoms. The van der Waals surface area contributed by atoms with Crippen molar-refractivity contribution in [3.63, 3.8) is 0 Å². The average molecular weight is 312 g/mol. The van der Waals surface area contributed by atoms with Gasteiger partial charge in [-0.05, 0) is 51.1 Å². The molecular weight excluding hydrogens is 292 g/mol. The Morgan fingerprint density at radius 3 is 2.17 bits per heavy atom. The molecule has 2 nitrogen and oxygen atoms in total. The molecule has 0 saturated heterocycles. The molecule has 0 unspecified atom stereocenters. The van der Waals surface area contributed by atoms with E-state index in [4.69, 9.17) is 5.10 Å². The van der Waals surface area contributed by atoms with Crippen LogP contribution >= 0.6 is 0 Å². The first-order valence-corrected chi connectivity index (χ1v) is 8.25. The predicted molar refractivity (Wildman–Crippen MR) is 101 cm³/mol. The number of aromatic nitrogens is 2. The number of fused-ring (bicyclic) bond motifs is 1. The Hall–Kier alpha value is -2.87. The van der Waals surface area contributed by atoms with Crippen LogP contribution in [0.25, 0.3) is 27.8 Å². The van der Waals surface area contributed by atoms with Crippen LogP contribution in [0.1, 0.15) is 16.7 Å². The summed E-state index contributed by atoms with van der Waals surface area (Å²) < 4.78 is 2.07. The summed E-state index contributed by atoms with van der Waals surface area (Å²) in [4.78, 5) is 0. The Labute approximate surface area is 142 Å².